The van der Waals surface area contributed by atoms with E-state index in [1.54, 1.807) is 31.0 Å². The highest BCUT2D eigenvalue weighted by molar-refractivity contribution is 7.33. The molecule has 131 heavy (non-hydrogen) atoms. The zero-order valence-corrected chi connectivity index (χ0v) is 78.4. The largest absolute Gasteiger partial charge is 0.464 e. The van der Waals surface area contributed by atoms with Gasteiger partial charge in [0.2, 0.25) is 53.5 Å². The lowest BCUT2D eigenvalue weighted by atomic mass is 9.93. The number of aliphatic hydroxyl groups is 9. The van der Waals surface area contributed by atoms with Gasteiger partial charge in [0.05, 0.1) is 98.0 Å². The van der Waals surface area contributed by atoms with Crippen molar-refractivity contribution < 1.29 is 155 Å². The average molecular weight is 1900 g/mol. The number of hydrogen-bond donors (Lipinski definition) is 18. The molecule has 0 aliphatic carbocycles. The summed E-state index contributed by atoms with van der Waals surface area (Å²) >= 11 is 0. The van der Waals surface area contributed by atoms with E-state index in [-0.39, 0.29) is 154 Å². The molecule has 0 saturated carbocycles. The van der Waals surface area contributed by atoms with E-state index in [1.807, 2.05) is 0 Å². The monoisotopic (exact) mass is 1900 g/mol. The van der Waals surface area contributed by atoms with Gasteiger partial charge in [0.15, 0.2) is 18.9 Å². The third kappa shape index (κ3) is 50.3. The first-order chi connectivity index (χ1) is 63.2. The van der Waals surface area contributed by atoms with Crippen molar-refractivity contribution in [2.45, 2.75) is 325 Å². The summed E-state index contributed by atoms with van der Waals surface area (Å²) in [5.74, 6) is -3.44. The number of rotatable bonds is 75. The van der Waals surface area contributed by atoms with E-state index in [4.69, 9.17) is 71.4 Å². The molecular formula is C87H156N11O32P. The Bertz CT molecular complexity index is 3210. The van der Waals surface area contributed by atoms with E-state index >= 15 is 0 Å². The van der Waals surface area contributed by atoms with Crippen LogP contribution in [0.2, 0.25) is 0 Å². The number of hydrogen-bond acceptors (Lipinski definition) is 35. The summed E-state index contributed by atoms with van der Waals surface area (Å²) in [6.45, 7) is 7.77. The Morgan fingerprint density at radius 2 is 0.863 bits per heavy atom. The number of nitrogens with zero attached hydrogens (tertiary/aromatic N) is 2. The van der Waals surface area contributed by atoms with Gasteiger partial charge in [-0.1, -0.05) is 95.6 Å². The van der Waals surface area contributed by atoms with Crippen molar-refractivity contribution in [2.75, 3.05) is 145 Å². The molecular weight excluding hydrogens is 1740 g/mol. The van der Waals surface area contributed by atoms with Crippen LogP contribution in [0.15, 0.2) is 35.1 Å². The molecule has 18 N–H and O–H groups in total. The Hall–Kier alpha value is -6.43. The summed E-state index contributed by atoms with van der Waals surface area (Å²) in [5.41, 5.74) is 9.52. The Labute approximate surface area is 770 Å². The predicted molar refractivity (Wildman–Crippen MR) is 473 cm³/mol. The summed E-state index contributed by atoms with van der Waals surface area (Å²) in [6, 6.07) is -3.17. The molecule has 44 heteroatoms. The summed E-state index contributed by atoms with van der Waals surface area (Å²) in [6.07, 6.45) is 7.46. The molecule has 756 valence electrons. The number of piperidine rings is 1. The molecule has 4 fully saturated rings. The number of ether oxygens (including phenoxy) is 12. The van der Waals surface area contributed by atoms with Crippen LogP contribution < -0.4 is 42.5 Å². The van der Waals surface area contributed by atoms with Crippen molar-refractivity contribution in [3.05, 3.63) is 30.0 Å². The van der Waals surface area contributed by atoms with Crippen LogP contribution in [0, 0.1) is 11.4 Å². The number of unbranched alkanes of at least 4 members (excludes halogenated alkanes) is 18. The number of nitrogens with one attached hydrogen (secondary N) is 9. The smallest absolute Gasteiger partial charge is 0.322 e. The third-order valence-electron chi connectivity index (χ3n) is 22.2. The molecule has 0 aromatic rings. The Balaban J connectivity index is 1.30. The predicted octanol–water partition coefficient (Wildman–Crippen LogP) is 1.82. The minimum Gasteiger partial charge on any atom is -0.464 e. The first-order valence-corrected chi connectivity index (χ1v) is 47.9. The average Bonchev–Trinajstić information content (AvgIpc) is 0.822. The van der Waals surface area contributed by atoms with E-state index in [0.29, 0.717) is 115 Å². The van der Waals surface area contributed by atoms with Crippen LogP contribution in [0.3, 0.4) is 0 Å². The normalized spacial score (nSPS) is 23.8. The van der Waals surface area contributed by atoms with Crippen molar-refractivity contribution in [1.29, 1.82) is 5.53 Å². The molecule has 4 saturated heterocycles. The van der Waals surface area contributed by atoms with Gasteiger partial charge in [-0.05, 0) is 90.6 Å². The number of carbonyl (C=O) groups is 8. The van der Waals surface area contributed by atoms with E-state index < -0.39 is 155 Å². The van der Waals surface area contributed by atoms with Crippen LogP contribution in [0.25, 0.3) is 0 Å². The standard InChI is InChI=1S/C87H156N11O32P/c1-6-7-42-122-64(5)130-131(116)126-46-29-19-12-9-8-10-14-22-30-66(97-88)53-89-60-121-52-51-117-50-36-73(108)98-40-31-65(32-41-98)83(115)96-87(58-119-48-34-71(106)91-38-24-16-20-27-44-124-85-75(94-62(3)103)81(113)78(110)68(55-100)128-85,59-120-49-35-72(107)92-39-25-17-21-28-45-125-86-76(95-63(4)104)82(114)79(111)69(56-101)129-86)57-118-47-33-70(105)90-37-23-15-11-13-18-26-43-123-84-74(93-61(2)102)80(112)77(109)67(54-99)127-84/h6,42,53,64-65,67-69,74-82,84-86,88-89,99-101,109-114,131H,8-41,43-52,54-60H2,1-5H3,(H,90,105)(H,91,106)(H,92,107)(H,93,102)(H,94,103)(H,95,104)(H,96,115)/b66-53-,97-88?. The van der Waals surface area contributed by atoms with Crippen molar-refractivity contribution >= 4 is 55.5 Å². The minimum absolute atomic E-state index is 0.0532. The molecule has 0 aromatic carbocycles. The van der Waals surface area contributed by atoms with E-state index in [1.165, 1.54) is 27.0 Å². The van der Waals surface area contributed by atoms with Crippen LogP contribution in [0.4, 0.5) is 0 Å². The molecule has 0 aromatic heterocycles. The maximum Gasteiger partial charge on any atom is 0.322 e. The van der Waals surface area contributed by atoms with Gasteiger partial charge in [-0.3, -0.25) is 47.4 Å². The van der Waals surface area contributed by atoms with Gasteiger partial charge in [0.1, 0.15) is 91.6 Å². The van der Waals surface area contributed by atoms with Gasteiger partial charge in [0.25, 0.3) is 0 Å². The quantitative estimate of drug-likeness (QED) is 0.0103. The fourth-order valence-electron chi connectivity index (χ4n) is 14.8. The zero-order chi connectivity index (χ0) is 95.8. The molecule has 43 nitrogen and oxygen atoms in total. The molecule has 17 unspecified atom stereocenters. The summed E-state index contributed by atoms with van der Waals surface area (Å²) < 4.78 is 92.1. The highest BCUT2D eigenvalue weighted by Crippen LogP contribution is 2.30. The van der Waals surface area contributed by atoms with Gasteiger partial charge < -0.3 is 155 Å². The van der Waals surface area contributed by atoms with E-state index in [2.05, 4.69) is 53.4 Å². The fraction of sp³-hybridized carbons (Fsp3) is 0.851. The molecule has 0 bridgehead atoms. The second-order valence-electron chi connectivity index (χ2n) is 33.2. The van der Waals surface area contributed by atoms with Crippen LogP contribution in [0.5, 0.6) is 0 Å². The second kappa shape index (κ2) is 71.1. The molecule has 4 aliphatic heterocycles. The van der Waals surface area contributed by atoms with Crippen molar-refractivity contribution in [3.63, 3.8) is 0 Å². The highest BCUT2D eigenvalue weighted by atomic mass is 31.1. The second-order valence-corrected chi connectivity index (χ2v) is 34.2. The number of allylic oxidation sites excluding steroid dienone is 2. The van der Waals surface area contributed by atoms with E-state index in [9.17, 15) is 88.9 Å². The van der Waals surface area contributed by atoms with Gasteiger partial charge in [-0.2, -0.15) is 5.11 Å². The molecule has 8 amide bonds. The molecule has 4 rings (SSSR count). The fourth-order valence-corrected chi connectivity index (χ4v) is 15.5. The Kier molecular flexibility index (Phi) is 63.4. The van der Waals surface area contributed by atoms with Gasteiger partial charge >= 0.3 is 8.25 Å². The Morgan fingerprint density at radius 3 is 1.25 bits per heavy atom. The SMILES string of the molecule is CC=C=COC(C)O[PH](=O)OCCCCCCCCCC/C(=C/NCOCCOCCC(=O)N1CCC(C(=O)NC(COCCC(=O)NCCCCCCCCOC2OC(CO)C(O)C(O)C2NC(C)=O)(COCCC(=O)NCCCCCCOC2OC(CO)C(O)C(O)C2NC(C)=O)COCCC(=O)NCCCCCCOC2OC(CO)C(O)C(O)C2NC(C)=O)CC1)N=N. The third-order valence-corrected chi connectivity index (χ3v) is 23.1. The summed E-state index contributed by atoms with van der Waals surface area (Å²) in [4.78, 5) is 105. The zero-order valence-electron chi connectivity index (χ0n) is 77.4. The molecule has 4 heterocycles. The van der Waals surface area contributed by atoms with Crippen LogP contribution in [-0.4, -0.2) is 347 Å². The van der Waals surface area contributed by atoms with Crippen molar-refractivity contribution in [3.8, 4) is 0 Å². The lowest BCUT2D eigenvalue weighted by Gasteiger charge is -2.42. The highest BCUT2D eigenvalue weighted by Gasteiger charge is 2.48. The summed E-state index contributed by atoms with van der Waals surface area (Å²) in [7, 11) is -2.64. The first kappa shape index (κ1) is 117. The van der Waals surface area contributed by atoms with Crippen LogP contribution in [-0.2, 0) is 109 Å². The van der Waals surface area contributed by atoms with E-state index in [0.717, 1.165) is 77.0 Å². The molecule has 0 spiro atoms. The number of amides is 8. The maximum absolute atomic E-state index is 14.7. The number of carbonyl (C=O) groups excluding carboxylic acids is 8. The molecule has 17 atom stereocenters. The number of aliphatic hydroxyl groups excluding tert-OH is 9. The lowest BCUT2D eigenvalue weighted by Crippen LogP contribution is -2.64. The molecule has 0 radical (unpaired) electrons. The lowest BCUT2D eigenvalue weighted by molar-refractivity contribution is -0.270. The van der Waals surface area contributed by atoms with Gasteiger partial charge in [-0.25, -0.2) is 5.53 Å². The Morgan fingerprint density at radius 1 is 0.489 bits per heavy atom. The maximum atomic E-state index is 14.7. The van der Waals surface area contributed by atoms with Crippen LogP contribution in [0.1, 0.15) is 221 Å². The molecule has 4 aliphatic rings. The van der Waals surface area contributed by atoms with Crippen LogP contribution >= 0.6 is 8.25 Å². The van der Waals surface area contributed by atoms with Gasteiger partial charge in [0, 0.05) is 105 Å². The summed E-state index contributed by atoms with van der Waals surface area (Å²) in [5, 5.41) is 118. The minimum atomic E-state index is -2.64. The van der Waals surface area contributed by atoms with Crippen molar-refractivity contribution in [2.24, 2.45) is 11.0 Å². The number of likely N-dealkylation sites (tertiary alicyclic amines) is 1. The topological polar surface area (TPSA) is 601 Å². The van der Waals surface area contributed by atoms with Gasteiger partial charge in [-0.15, -0.1) is 0 Å². The van der Waals surface area contributed by atoms with Crippen molar-refractivity contribution in [1.82, 2.24) is 47.4 Å². The first-order valence-electron chi connectivity index (χ1n) is 46.7.